The molecule has 0 saturated heterocycles. The van der Waals surface area contributed by atoms with Crippen LogP contribution >= 0.6 is 0 Å². The van der Waals surface area contributed by atoms with Crippen molar-refractivity contribution in [3.05, 3.63) is 56.9 Å². The van der Waals surface area contributed by atoms with Gasteiger partial charge in [0.05, 0.1) is 10.5 Å². The SMILES string of the molecule is Cc1cc([N+](=O)[O-])ccc1-n1c(C)cc(C#N)c1C. The Bertz CT molecular complexity index is 708. The summed E-state index contributed by atoms with van der Waals surface area (Å²) in [5.41, 5.74) is 4.14. The Labute approximate surface area is 110 Å². The topological polar surface area (TPSA) is 71.9 Å². The maximum Gasteiger partial charge on any atom is 0.269 e. The minimum Gasteiger partial charge on any atom is -0.317 e. The molecule has 19 heavy (non-hydrogen) atoms. The van der Waals surface area contributed by atoms with Crippen LogP contribution in [0.5, 0.6) is 0 Å². The van der Waals surface area contributed by atoms with Crippen molar-refractivity contribution in [2.45, 2.75) is 20.8 Å². The molecule has 0 radical (unpaired) electrons. The molecule has 0 spiro atoms. The van der Waals surface area contributed by atoms with Crippen molar-refractivity contribution in [3.8, 4) is 11.8 Å². The number of aromatic nitrogens is 1. The van der Waals surface area contributed by atoms with E-state index in [1.54, 1.807) is 12.1 Å². The molecule has 96 valence electrons. The van der Waals surface area contributed by atoms with Gasteiger partial charge in [-0.15, -0.1) is 0 Å². The first-order valence-electron chi connectivity index (χ1n) is 5.80. The molecule has 1 aromatic carbocycles. The lowest BCUT2D eigenvalue weighted by molar-refractivity contribution is -0.384. The van der Waals surface area contributed by atoms with Gasteiger partial charge >= 0.3 is 0 Å². The third kappa shape index (κ3) is 2.08. The van der Waals surface area contributed by atoms with Crippen LogP contribution in [0.3, 0.4) is 0 Å². The van der Waals surface area contributed by atoms with Gasteiger partial charge in [0, 0.05) is 29.2 Å². The van der Waals surface area contributed by atoms with E-state index in [4.69, 9.17) is 5.26 Å². The Morgan fingerprint density at radius 2 is 1.95 bits per heavy atom. The molecule has 2 rings (SSSR count). The Hall–Kier alpha value is -2.61. The van der Waals surface area contributed by atoms with Crippen LogP contribution in [0, 0.1) is 42.2 Å². The molecular formula is C14H13N3O2. The molecule has 0 unspecified atom stereocenters. The van der Waals surface area contributed by atoms with E-state index in [0.29, 0.717) is 5.56 Å². The summed E-state index contributed by atoms with van der Waals surface area (Å²) in [6, 6.07) is 8.70. The summed E-state index contributed by atoms with van der Waals surface area (Å²) in [7, 11) is 0. The van der Waals surface area contributed by atoms with Crippen LogP contribution in [0.25, 0.3) is 5.69 Å². The van der Waals surface area contributed by atoms with Gasteiger partial charge in [-0.2, -0.15) is 5.26 Å². The number of nitriles is 1. The molecule has 0 saturated carbocycles. The molecule has 0 bridgehead atoms. The molecule has 0 aliphatic carbocycles. The van der Waals surface area contributed by atoms with Gasteiger partial charge in [-0.3, -0.25) is 10.1 Å². The fraction of sp³-hybridized carbons (Fsp3) is 0.214. The lowest BCUT2D eigenvalue weighted by atomic mass is 10.1. The average Bonchev–Trinajstić information content (AvgIpc) is 2.64. The van der Waals surface area contributed by atoms with Gasteiger partial charge < -0.3 is 4.57 Å². The van der Waals surface area contributed by atoms with Crippen LogP contribution in [0.15, 0.2) is 24.3 Å². The predicted octanol–water partition coefficient (Wildman–Crippen LogP) is 3.18. The van der Waals surface area contributed by atoms with Crippen molar-refractivity contribution in [1.82, 2.24) is 4.57 Å². The number of aryl methyl sites for hydroxylation is 2. The van der Waals surface area contributed by atoms with E-state index in [1.807, 2.05) is 31.4 Å². The Morgan fingerprint density at radius 1 is 1.26 bits per heavy atom. The molecule has 0 fully saturated rings. The summed E-state index contributed by atoms with van der Waals surface area (Å²) in [6.07, 6.45) is 0. The predicted molar refractivity (Wildman–Crippen MR) is 71.3 cm³/mol. The number of benzene rings is 1. The third-order valence-electron chi connectivity index (χ3n) is 3.18. The summed E-state index contributed by atoms with van der Waals surface area (Å²) < 4.78 is 1.94. The highest BCUT2D eigenvalue weighted by molar-refractivity contribution is 5.52. The van der Waals surface area contributed by atoms with Crippen molar-refractivity contribution in [2.75, 3.05) is 0 Å². The minimum absolute atomic E-state index is 0.0734. The van der Waals surface area contributed by atoms with Crippen LogP contribution < -0.4 is 0 Å². The molecule has 0 aliphatic heterocycles. The molecule has 0 atom stereocenters. The van der Waals surface area contributed by atoms with Crippen molar-refractivity contribution in [3.63, 3.8) is 0 Å². The maximum absolute atomic E-state index is 10.7. The first kappa shape index (κ1) is 12.8. The molecule has 2 aromatic rings. The summed E-state index contributed by atoms with van der Waals surface area (Å²) in [5.74, 6) is 0. The van der Waals surface area contributed by atoms with E-state index >= 15 is 0 Å². The van der Waals surface area contributed by atoms with E-state index in [-0.39, 0.29) is 5.69 Å². The summed E-state index contributed by atoms with van der Waals surface area (Å²) in [5, 5.41) is 19.8. The van der Waals surface area contributed by atoms with Gasteiger partial charge in [0.2, 0.25) is 0 Å². The molecule has 0 aliphatic rings. The van der Waals surface area contributed by atoms with Crippen LogP contribution in [0.2, 0.25) is 0 Å². The van der Waals surface area contributed by atoms with E-state index in [0.717, 1.165) is 22.6 Å². The van der Waals surface area contributed by atoms with Gasteiger partial charge in [-0.1, -0.05) is 0 Å². The van der Waals surface area contributed by atoms with Crippen molar-refractivity contribution in [1.29, 1.82) is 5.26 Å². The van der Waals surface area contributed by atoms with Crippen LogP contribution in [-0.4, -0.2) is 9.49 Å². The Balaban J connectivity index is 2.64. The zero-order valence-electron chi connectivity index (χ0n) is 11.0. The van der Waals surface area contributed by atoms with Crippen molar-refractivity contribution in [2.24, 2.45) is 0 Å². The van der Waals surface area contributed by atoms with Crippen LogP contribution in [0.4, 0.5) is 5.69 Å². The second-order valence-electron chi connectivity index (χ2n) is 4.46. The molecule has 5 heteroatoms. The monoisotopic (exact) mass is 255 g/mol. The highest BCUT2D eigenvalue weighted by Crippen LogP contribution is 2.25. The number of nitro benzene ring substituents is 1. The zero-order chi connectivity index (χ0) is 14.2. The normalized spacial score (nSPS) is 10.2. The van der Waals surface area contributed by atoms with Crippen LogP contribution in [0.1, 0.15) is 22.5 Å². The van der Waals surface area contributed by atoms with Gasteiger partial charge in [0.25, 0.3) is 5.69 Å². The third-order valence-corrected chi connectivity index (χ3v) is 3.18. The number of hydrogen-bond acceptors (Lipinski definition) is 3. The molecule has 0 amide bonds. The van der Waals surface area contributed by atoms with E-state index in [1.165, 1.54) is 6.07 Å². The maximum atomic E-state index is 10.7. The number of rotatable bonds is 2. The minimum atomic E-state index is -0.410. The van der Waals surface area contributed by atoms with Gasteiger partial charge in [-0.05, 0) is 38.5 Å². The molecule has 1 aromatic heterocycles. The summed E-state index contributed by atoms with van der Waals surface area (Å²) in [6.45, 7) is 5.61. The molecule has 5 nitrogen and oxygen atoms in total. The highest BCUT2D eigenvalue weighted by Gasteiger charge is 2.14. The fourth-order valence-electron chi connectivity index (χ4n) is 2.25. The average molecular weight is 255 g/mol. The van der Waals surface area contributed by atoms with Gasteiger partial charge in [0.15, 0.2) is 0 Å². The van der Waals surface area contributed by atoms with E-state index < -0.39 is 4.92 Å². The summed E-state index contributed by atoms with van der Waals surface area (Å²) in [4.78, 5) is 10.3. The van der Waals surface area contributed by atoms with Crippen molar-refractivity contribution >= 4 is 5.69 Å². The van der Waals surface area contributed by atoms with E-state index in [2.05, 4.69) is 6.07 Å². The number of nitrogens with zero attached hydrogens (tertiary/aromatic N) is 3. The molecule has 0 N–H and O–H groups in total. The zero-order valence-corrected chi connectivity index (χ0v) is 11.0. The van der Waals surface area contributed by atoms with Gasteiger partial charge in [-0.25, -0.2) is 0 Å². The quantitative estimate of drug-likeness (QED) is 0.611. The number of hydrogen-bond donors (Lipinski definition) is 0. The fourth-order valence-corrected chi connectivity index (χ4v) is 2.25. The Kier molecular flexibility index (Phi) is 3.09. The lowest BCUT2D eigenvalue weighted by Crippen LogP contribution is -2.02. The lowest BCUT2D eigenvalue weighted by Gasteiger charge is -2.12. The van der Waals surface area contributed by atoms with Crippen LogP contribution in [-0.2, 0) is 0 Å². The highest BCUT2D eigenvalue weighted by atomic mass is 16.6. The standard InChI is InChI=1S/C14H13N3O2/c1-9-6-13(17(18)19)4-5-14(9)16-10(2)7-12(8-15)11(16)3/h4-7H,1-3H3. The first-order chi connectivity index (χ1) is 8.95. The first-order valence-corrected chi connectivity index (χ1v) is 5.80. The smallest absolute Gasteiger partial charge is 0.269 e. The van der Waals surface area contributed by atoms with Gasteiger partial charge in [0.1, 0.15) is 6.07 Å². The van der Waals surface area contributed by atoms with Crippen molar-refractivity contribution < 1.29 is 4.92 Å². The largest absolute Gasteiger partial charge is 0.317 e. The van der Waals surface area contributed by atoms with E-state index in [9.17, 15) is 10.1 Å². The second kappa shape index (κ2) is 4.58. The Morgan fingerprint density at radius 3 is 2.42 bits per heavy atom. The molecule has 1 heterocycles. The number of non-ortho nitro benzene ring substituents is 1. The number of nitro groups is 1. The second-order valence-corrected chi connectivity index (χ2v) is 4.46. The molecular weight excluding hydrogens is 242 g/mol. The summed E-state index contributed by atoms with van der Waals surface area (Å²) >= 11 is 0.